The van der Waals surface area contributed by atoms with E-state index in [1.165, 1.54) is 0 Å². The van der Waals surface area contributed by atoms with Gasteiger partial charge in [-0.2, -0.15) is 0 Å². The normalized spacial score (nSPS) is 13.7. The maximum Gasteiger partial charge on any atom is 0.142 e. The van der Waals surface area contributed by atoms with Crippen LogP contribution < -0.4 is 5.32 Å². The van der Waals surface area contributed by atoms with Crippen LogP contribution in [0.4, 0.5) is 4.39 Å². The molecular formula is C17H28ClFN2. The Balaban J connectivity index is 3.07. The van der Waals surface area contributed by atoms with E-state index in [4.69, 9.17) is 11.6 Å². The lowest BCUT2D eigenvalue weighted by Gasteiger charge is -2.45. The van der Waals surface area contributed by atoms with E-state index in [1.807, 2.05) is 6.07 Å². The van der Waals surface area contributed by atoms with Gasteiger partial charge in [-0.1, -0.05) is 38.4 Å². The molecule has 0 radical (unpaired) electrons. The summed E-state index contributed by atoms with van der Waals surface area (Å²) in [5.41, 5.74) is 1.04. The van der Waals surface area contributed by atoms with Crippen LogP contribution in [0.2, 0.25) is 5.02 Å². The largest absolute Gasteiger partial charge is 0.312 e. The monoisotopic (exact) mass is 314 g/mol. The average molecular weight is 315 g/mol. The molecule has 4 heteroatoms. The van der Waals surface area contributed by atoms with Gasteiger partial charge in [0.1, 0.15) is 5.82 Å². The van der Waals surface area contributed by atoms with Gasteiger partial charge in [0.2, 0.25) is 0 Å². The Morgan fingerprint density at radius 3 is 2.29 bits per heavy atom. The van der Waals surface area contributed by atoms with Crippen LogP contribution in [0.1, 0.15) is 39.2 Å². The Labute approximate surface area is 133 Å². The molecule has 0 fully saturated rings. The molecule has 0 aliphatic rings. The molecule has 0 aliphatic heterocycles. The summed E-state index contributed by atoms with van der Waals surface area (Å²) in [5, 5.41) is 3.78. The molecule has 1 aromatic carbocycles. The lowest BCUT2D eigenvalue weighted by Crippen LogP contribution is -2.59. The predicted octanol–water partition coefficient (Wildman–Crippen LogP) is 4.12. The Bertz CT molecular complexity index is 444. The van der Waals surface area contributed by atoms with E-state index in [0.29, 0.717) is 0 Å². The van der Waals surface area contributed by atoms with Crippen molar-refractivity contribution in [3.05, 3.63) is 34.6 Å². The van der Waals surface area contributed by atoms with E-state index in [1.54, 1.807) is 12.1 Å². The molecule has 1 N–H and O–H groups in total. The van der Waals surface area contributed by atoms with Gasteiger partial charge >= 0.3 is 0 Å². The second kappa shape index (κ2) is 8.11. The molecule has 21 heavy (non-hydrogen) atoms. The zero-order valence-electron chi connectivity index (χ0n) is 13.8. The van der Waals surface area contributed by atoms with Crippen LogP contribution in [-0.2, 0) is 6.42 Å². The van der Waals surface area contributed by atoms with Crippen molar-refractivity contribution in [3.8, 4) is 0 Å². The second-order valence-electron chi connectivity index (χ2n) is 5.77. The Kier molecular flexibility index (Phi) is 7.11. The van der Waals surface area contributed by atoms with Gasteiger partial charge in [0.05, 0.1) is 5.02 Å². The molecule has 1 aromatic rings. The smallest absolute Gasteiger partial charge is 0.142 e. The molecule has 0 saturated heterocycles. The van der Waals surface area contributed by atoms with E-state index in [0.717, 1.165) is 31.4 Å². The van der Waals surface area contributed by atoms with Crippen molar-refractivity contribution in [2.24, 2.45) is 0 Å². The van der Waals surface area contributed by atoms with Crippen LogP contribution in [-0.4, -0.2) is 37.1 Å². The van der Waals surface area contributed by atoms with Crippen molar-refractivity contribution >= 4 is 11.6 Å². The zero-order chi connectivity index (χ0) is 16.0. The molecular weight excluding hydrogens is 287 g/mol. The van der Waals surface area contributed by atoms with Crippen LogP contribution in [0.5, 0.6) is 0 Å². The topological polar surface area (TPSA) is 15.3 Å². The van der Waals surface area contributed by atoms with Crippen molar-refractivity contribution in [1.29, 1.82) is 0 Å². The summed E-state index contributed by atoms with van der Waals surface area (Å²) >= 11 is 5.77. The highest BCUT2D eigenvalue weighted by Crippen LogP contribution is 2.28. The molecule has 0 aliphatic carbocycles. The average Bonchev–Trinajstić information content (AvgIpc) is 2.44. The zero-order valence-corrected chi connectivity index (χ0v) is 14.6. The van der Waals surface area contributed by atoms with Crippen LogP contribution >= 0.6 is 11.6 Å². The molecule has 0 heterocycles. The fraction of sp³-hybridized carbons (Fsp3) is 0.647. The second-order valence-corrected chi connectivity index (χ2v) is 6.18. The number of nitrogens with one attached hydrogen (secondary N) is 1. The van der Waals surface area contributed by atoms with Gasteiger partial charge in [-0.15, -0.1) is 0 Å². The fourth-order valence-electron chi connectivity index (χ4n) is 3.29. The van der Waals surface area contributed by atoms with E-state index in [-0.39, 0.29) is 22.4 Å². The highest BCUT2D eigenvalue weighted by atomic mass is 35.5. The molecule has 0 amide bonds. The summed E-state index contributed by atoms with van der Waals surface area (Å²) in [6, 6.07) is 5.39. The first kappa shape index (κ1) is 18.4. The summed E-state index contributed by atoms with van der Waals surface area (Å²) in [6.45, 7) is 7.45. The van der Waals surface area contributed by atoms with Gasteiger partial charge < -0.3 is 10.2 Å². The fourth-order valence-corrected chi connectivity index (χ4v) is 3.41. The van der Waals surface area contributed by atoms with E-state index in [9.17, 15) is 4.39 Å². The number of halogens is 2. The number of nitrogens with zero attached hydrogens (tertiary/aromatic N) is 1. The van der Waals surface area contributed by atoms with Gasteiger partial charge in [-0.3, -0.25) is 0 Å². The first-order valence-corrected chi connectivity index (χ1v) is 8.13. The van der Waals surface area contributed by atoms with Gasteiger partial charge in [0.25, 0.3) is 0 Å². The third-order valence-corrected chi connectivity index (χ3v) is 4.94. The lowest BCUT2D eigenvalue weighted by atomic mass is 9.80. The Hall–Kier alpha value is -0.640. The molecule has 1 atom stereocenters. The van der Waals surface area contributed by atoms with Crippen molar-refractivity contribution in [1.82, 2.24) is 10.2 Å². The molecule has 0 spiro atoms. The third-order valence-electron chi connectivity index (χ3n) is 4.64. The minimum atomic E-state index is -0.340. The molecule has 120 valence electrons. The van der Waals surface area contributed by atoms with Crippen molar-refractivity contribution in [2.45, 2.75) is 51.6 Å². The lowest BCUT2D eigenvalue weighted by molar-refractivity contribution is 0.0889. The Morgan fingerprint density at radius 1 is 1.24 bits per heavy atom. The summed E-state index contributed by atoms with van der Waals surface area (Å²) in [6.07, 6.45) is 2.89. The summed E-state index contributed by atoms with van der Waals surface area (Å²) in [7, 11) is 4.25. The van der Waals surface area contributed by atoms with Crippen LogP contribution in [0.25, 0.3) is 0 Å². The summed E-state index contributed by atoms with van der Waals surface area (Å²) in [4.78, 5) is 2.30. The molecule has 2 nitrogen and oxygen atoms in total. The van der Waals surface area contributed by atoms with E-state index in [2.05, 4.69) is 45.1 Å². The SMILES string of the molecule is CCNC(Cc1ccc(Cl)c(F)c1)C(CC)(CC)N(C)C. The number of rotatable bonds is 8. The van der Waals surface area contributed by atoms with Gasteiger partial charge in [-0.25, -0.2) is 4.39 Å². The maximum atomic E-state index is 13.7. The van der Waals surface area contributed by atoms with Gasteiger partial charge in [0.15, 0.2) is 0 Å². The number of hydrogen-bond donors (Lipinski definition) is 1. The highest BCUT2D eigenvalue weighted by molar-refractivity contribution is 6.30. The van der Waals surface area contributed by atoms with Crippen LogP contribution in [0.3, 0.4) is 0 Å². The number of likely N-dealkylation sites (N-methyl/N-ethyl adjacent to an activating group) is 2. The van der Waals surface area contributed by atoms with Crippen LogP contribution in [0.15, 0.2) is 18.2 Å². The van der Waals surface area contributed by atoms with Crippen molar-refractivity contribution in [2.75, 3.05) is 20.6 Å². The number of benzene rings is 1. The molecule has 0 bridgehead atoms. The first-order valence-electron chi connectivity index (χ1n) is 7.76. The molecule has 0 aromatic heterocycles. The molecule has 1 rings (SSSR count). The summed E-state index contributed by atoms with van der Waals surface area (Å²) in [5.74, 6) is -0.340. The minimum absolute atomic E-state index is 0.0616. The van der Waals surface area contributed by atoms with Crippen molar-refractivity contribution < 1.29 is 4.39 Å². The standard InChI is InChI=1S/C17H28ClFN2/c1-6-17(7-2,21(4)5)16(20-8-3)12-13-9-10-14(18)15(19)11-13/h9-11,16,20H,6-8,12H2,1-5H3. The van der Waals surface area contributed by atoms with Crippen molar-refractivity contribution in [3.63, 3.8) is 0 Å². The number of hydrogen-bond acceptors (Lipinski definition) is 2. The quantitative estimate of drug-likeness (QED) is 0.776. The summed E-state index contributed by atoms with van der Waals surface area (Å²) < 4.78 is 13.7. The molecule has 0 saturated carbocycles. The minimum Gasteiger partial charge on any atom is -0.312 e. The maximum absolute atomic E-state index is 13.7. The Morgan fingerprint density at radius 2 is 1.86 bits per heavy atom. The predicted molar refractivity (Wildman–Crippen MR) is 89.6 cm³/mol. The third kappa shape index (κ3) is 4.18. The van der Waals surface area contributed by atoms with Gasteiger partial charge in [-0.05, 0) is 57.6 Å². The molecule has 1 unspecified atom stereocenters. The van der Waals surface area contributed by atoms with E-state index < -0.39 is 0 Å². The van der Waals surface area contributed by atoms with Crippen LogP contribution in [0, 0.1) is 5.82 Å². The van der Waals surface area contributed by atoms with Gasteiger partial charge in [0, 0.05) is 11.6 Å². The highest BCUT2D eigenvalue weighted by Gasteiger charge is 2.37. The first-order chi connectivity index (χ1) is 9.91. The van der Waals surface area contributed by atoms with E-state index >= 15 is 0 Å².